The Morgan fingerprint density at radius 2 is 2.00 bits per heavy atom. The number of ketones is 1. The van der Waals surface area contributed by atoms with Crippen molar-refractivity contribution < 1.29 is 13.6 Å². The molecular formula is C16H10ClF2NO. The van der Waals surface area contributed by atoms with Crippen LogP contribution in [0.2, 0.25) is 5.02 Å². The van der Waals surface area contributed by atoms with E-state index in [0.717, 1.165) is 12.1 Å². The highest BCUT2D eigenvalue weighted by Gasteiger charge is 2.26. The molecule has 0 amide bonds. The molecule has 1 atom stereocenters. The lowest BCUT2D eigenvalue weighted by atomic mass is 9.91. The summed E-state index contributed by atoms with van der Waals surface area (Å²) in [6.07, 6.45) is 0. The average Bonchev–Trinajstić information content (AvgIpc) is 2.44. The molecule has 0 radical (unpaired) electrons. The zero-order valence-electron chi connectivity index (χ0n) is 11.0. The topological polar surface area (TPSA) is 40.9 Å². The second kappa shape index (κ2) is 6.02. The number of nitriles is 1. The minimum atomic E-state index is -1.37. The molecule has 0 saturated heterocycles. The first-order valence-electron chi connectivity index (χ1n) is 6.09. The fourth-order valence-corrected chi connectivity index (χ4v) is 2.22. The van der Waals surface area contributed by atoms with E-state index >= 15 is 0 Å². The zero-order valence-corrected chi connectivity index (χ0v) is 11.8. The molecule has 106 valence electrons. The molecule has 2 nitrogen and oxygen atoms in total. The standard InChI is InChI=1S/C16H10ClF2NO/c1-9-3-2-4-12(15(9)17)16(21)13(8-20)11-6-5-10(18)7-14(11)19/h2-7,13H,1H3. The molecular weight excluding hydrogens is 296 g/mol. The van der Waals surface area contributed by atoms with E-state index in [1.165, 1.54) is 6.07 Å². The normalized spacial score (nSPS) is 11.8. The maximum absolute atomic E-state index is 13.8. The molecule has 0 aliphatic rings. The Kier molecular flexibility index (Phi) is 4.35. The molecule has 5 heteroatoms. The predicted molar refractivity (Wildman–Crippen MR) is 75.2 cm³/mol. The van der Waals surface area contributed by atoms with Crippen molar-refractivity contribution in [1.29, 1.82) is 5.26 Å². The van der Waals surface area contributed by atoms with Gasteiger partial charge in [-0.3, -0.25) is 4.79 Å². The first-order chi connectivity index (χ1) is 9.95. The van der Waals surface area contributed by atoms with E-state index in [-0.39, 0.29) is 16.1 Å². The summed E-state index contributed by atoms with van der Waals surface area (Å²) in [7, 11) is 0. The van der Waals surface area contributed by atoms with Crippen molar-refractivity contribution in [3.63, 3.8) is 0 Å². The lowest BCUT2D eigenvalue weighted by molar-refractivity contribution is 0.0977. The zero-order chi connectivity index (χ0) is 15.6. The number of Topliss-reactive ketones (excluding diaryl/α,β-unsaturated/α-hetero) is 1. The number of hydrogen-bond donors (Lipinski definition) is 0. The maximum atomic E-state index is 13.8. The maximum Gasteiger partial charge on any atom is 0.186 e. The summed E-state index contributed by atoms with van der Waals surface area (Å²) < 4.78 is 26.7. The van der Waals surface area contributed by atoms with Crippen LogP contribution >= 0.6 is 11.6 Å². The van der Waals surface area contributed by atoms with Crippen LogP contribution in [0.25, 0.3) is 0 Å². The molecule has 2 rings (SSSR count). The molecule has 0 aliphatic carbocycles. The van der Waals surface area contributed by atoms with Gasteiger partial charge in [0.2, 0.25) is 0 Å². The van der Waals surface area contributed by atoms with Crippen molar-refractivity contribution >= 4 is 17.4 Å². The van der Waals surface area contributed by atoms with Crippen LogP contribution in [-0.2, 0) is 0 Å². The average molecular weight is 306 g/mol. The lowest BCUT2D eigenvalue weighted by Gasteiger charge is -2.12. The van der Waals surface area contributed by atoms with Crippen LogP contribution in [0.5, 0.6) is 0 Å². The van der Waals surface area contributed by atoms with Gasteiger partial charge in [-0.25, -0.2) is 8.78 Å². The Labute approximate surface area is 125 Å². The summed E-state index contributed by atoms with van der Waals surface area (Å²) in [5.41, 5.74) is 0.659. The van der Waals surface area contributed by atoms with Gasteiger partial charge < -0.3 is 0 Å². The van der Waals surface area contributed by atoms with Crippen LogP contribution in [-0.4, -0.2) is 5.78 Å². The van der Waals surface area contributed by atoms with Crippen molar-refractivity contribution in [1.82, 2.24) is 0 Å². The van der Waals surface area contributed by atoms with E-state index in [1.807, 2.05) is 0 Å². The van der Waals surface area contributed by atoms with Crippen molar-refractivity contribution in [2.75, 3.05) is 0 Å². The van der Waals surface area contributed by atoms with Gasteiger partial charge in [-0.05, 0) is 24.6 Å². The Morgan fingerprint density at radius 1 is 1.29 bits per heavy atom. The number of hydrogen-bond acceptors (Lipinski definition) is 2. The van der Waals surface area contributed by atoms with Gasteiger partial charge in [0.1, 0.15) is 17.6 Å². The molecule has 21 heavy (non-hydrogen) atoms. The number of halogens is 3. The SMILES string of the molecule is Cc1cccc(C(=O)C(C#N)c2ccc(F)cc2F)c1Cl. The molecule has 0 fully saturated rings. The van der Waals surface area contributed by atoms with Crippen LogP contribution in [0, 0.1) is 29.9 Å². The van der Waals surface area contributed by atoms with Gasteiger partial charge in [0.15, 0.2) is 5.78 Å². The molecule has 0 aromatic heterocycles. The number of nitrogens with zero attached hydrogens (tertiary/aromatic N) is 1. The quantitative estimate of drug-likeness (QED) is 0.788. The Balaban J connectivity index is 2.49. The van der Waals surface area contributed by atoms with Crippen molar-refractivity contribution in [3.8, 4) is 6.07 Å². The molecule has 0 spiro atoms. The smallest absolute Gasteiger partial charge is 0.186 e. The van der Waals surface area contributed by atoms with E-state index in [9.17, 15) is 18.8 Å². The molecule has 1 unspecified atom stereocenters. The molecule has 2 aromatic rings. The van der Waals surface area contributed by atoms with Crippen LogP contribution < -0.4 is 0 Å². The monoisotopic (exact) mass is 305 g/mol. The predicted octanol–water partition coefficient (Wildman–Crippen LogP) is 4.42. The van der Waals surface area contributed by atoms with E-state index in [2.05, 4.69) is 0 Å². The highest BCUT2D eigenvalue weighted by molar-refractivity contribution is 6.35. The van der Waals surface area contributed by atoms with Crippen LogP contribution in [0.3, 0.4) is 0 Å². The number of benzene rings is 2. The second-order valence-electron chi connectivity index (χ2n) is 4.53. The molecule has 2 aromatic carbocycles. The third kappa shape index (κ3) is 2.93. The van der Waals surface area contributed by atoms with Crippen molar-refractivity contribution in [2.24, 2.45) is 0 Å². The highest BCUT2D eigenvalue weighted by atomic mass is 35.5. The lowest BCUT2D eigenvalue weighted by Crippen LogP contribution is -2.14. The molecule has 0 aliphatic heterocycles. The third-order valence-electron chi connectivity index (χ3n) is 3.12. The van der Waals surface area contributed by atoms with E-state index in [0.29, 0.717) is 11.6 Å². The summed E-state index contributed by atoms with van der Waals surface area (Å²) in [5.74, 6) is -3.69. The van der Waals surface area contributed by atoms with E-state index < -0.39 is 23.3 Å². The van der Waals surface area contributed by atoms with Crippen molar-refractivity contribution in [2.45, 2.75) is 12.8 Å². The fourth-order valence-electron chi connectivity index (χ4n) is 2.00. The van der Waals surface area contributed by atoms with Gasteiger partial charge in [-0.2, -0.15) is 5.26 Å². The Morgan fingerprint density at radius 3 is 2.62 bits per heavy atom. The summed E-state index contributed by atoms with van der Waals surface area (Å²) >= 11 is 6.06. The highest BCUT2D eigenvalue weighted by Crippen LogP contribution is 2.28. The molecule has 0 bridgehead atoms. The summed E-state index contributed by atoms with van der Waals surface area (Å²) in [5, 5.41) is 9.42. The van der Waals surface area contributed by atoms with Crippen molar-refractivity contribution in [3.05, 3.63) is 69.7 Å². The summed E-state index contributed by atoms with van der Waals surface area (Å²) in [6.45, 7) is 1.72. The van der Waals surface area contributed by atoms with Crippen LogP contribution in [0.15, 0.2) is 36.4 Å². The number of aryl methyl sites for hydroxylation is 1. The van der Waals surface area contributed by atoms with Gasteiger partial charge >= 0.3 is 0 Å². The van der Waals surface area contributed by atoms with Gasteiger partial charge in [0.25, 0.3) is 0 Å². The second-order valence-corrected chi connectivity index (χ2v) is 4.91. The molecule has 0 N–H and O–H groups in total. The number of carbonyl (C=O) groups is 1. The van der Waals surface area contributed by atoms with Gasteiger partial charge in [-0.15, -0.1) is 0 Å². The van der Waals surface area contributed by atoms with Crippen LogP contribution in [0.4, 0.5) is 8.78 Å². The van der Waals surface area contributed by atoms with Crippen LogP contribution in [0.1, 0.15) is 27.4 Å². The van der Waals surface area contributed by atoms with Gasteiger partial charge in [-0.1, -0.05) is 29.8 Å². The largest absolute Gasteiger partial charge is 0.292 e. The molecule has 0 heterocycles. The number of rotatable bonds is 3. The number of carbonyl (C=O) groups excluding carboxylic acids is 1. The van der Waals surface area contributed by atoms with Gasteiger partial charge in [0, 0.05) is 17.2 Å². The Hall–Kier alpha value is -2.25. The minimum absolute atomic E-state index is 0.145. The van der Waals surface area contributed by atoms with E-state index in [1.54, 1.807) is 25.1 Å². The summed E-state index contributed by atoms with van der Waals surface area (Å²) in [4.78, 5) is 12.4. The van der Waals surface area contributed by atoms with Gasteiger partial charge in [0.05, 0.1) is 11.1 Å². The first-order valence-corrected chi connectivity index (χ1v) is 6.47. The minimum Gasteiger partial charge on any atom is -0.292 e. The first kappa shape index (κ1) is 15.1. The third-order valence-corrected chi connectivity index (χ3v) is 3.62. The Bertz CT molecular complexity index is 752. The fraction of sp³-hybridized carbons (Fsp3) is 0.125. The molecule has 0 saturated carbocycles. The van der Waals surface area contributed by atoms with E-state index in [4.69, 9.17) is 11.6 Å². The summed E-state index contributed by atoms with van der Waals surface area (Å²) in [6, 6.07) is 9.33.